The number of carbonyl (C=O) groups is 1. The van der Waals surface area contributed by atoms with Gasteiger partial charge < -0.3 is 9.90 Å². The van der Waals surface area contributed by atoms with Gasteiger partial charge in [-0.25, -0.2) is 0 Å². The van der Waals surface area contributed by atoms with Gasteiger partial charge in [0.25, 0.3) is 0 Å². The molecule has 1 unspecified atom stereocenters. The zero-order valence-electron chi connectivity index (χ0n) is 10.8. The number of hydrogen-bond acceptors (Lipinski definition) is 2. The molecule has 0 saturated carbocycles. The van der Waals surface area contributed by atoms with Gasteiger partial charge in [-0.3, -0.25) is 0 Å². The second-order valence-electron chi connectivity index (χ2n) is 4.66. The highest BCUT2D eigenvalue weighted by Gasteiger charge is 2.16. The summed E-state index contributed by atoms with van der Waals surface area (Å²) in [7, 11) is 0. The molecule has 1 rings (SSSR count). The van der Waals surface area contributed by atoms with Crippen LogP contribution < -0.4 is 0 Å². The average molecular weight is 234 g/mol. The molecule has 1 N–H and O–H groups in total. The number of Topliss-reactive ketones (excluding diaryl/α,β-unsaturated/α-hetero) is 1. The van der Waals surface area contributed by atoms with Crippen LogP contribution in [-0.2, 0) is 4.79 Å². The molecule has 0 aliphatic heterocycles. The number of ketones is 1. The molecule has 2 nitrogen and oxygen atoms in total. The van der Waals surface area contributed by atoms with Gasteiger partial charge >= 0.3 is 0 Å². The maximum atomic E-state index is 11.3. The van der Waals surface area contributed by atoms with E-state index < -0.39 is 0 Å². The summed E-state index contributed by atoms with van der Waals surface area (Å²) in [6.07, 6.45) is 4.98. The maximum absolute atomic E-state index is 11.3. The van der Waals surface area contributed by atoms with Gasteiger partial charge in [-0.2, -0.15) is 0 Å². The van der Waals surface area contributed by atoms with Crippen molar-refractivity contribution in [1.29, 1.82) is 0 Å². The molecule has 0 bridgehead atoms. The van der Waals surface area contributed by atoms with Crippen molar-refractivity contribution in [3.05, 3.63) is 29.8 Å². The van der Waals surface area contributed by atoms with Gasteiger partial charge in [0.2, 0.25) is 0 Å². The van der Waals surface area contributed by atoms with Crippen LogP contribution in [0.1, 0.15) is 57.4 Å². The van der Waals surface area contributed by atoms with Gasteiger partial charge in [0.15, 0.2) is 0 Å². The van der Waals surface area contributed by atoms with E-state index in [1.807, 2.05) is 18.2 Å². The summed E-state index contributed by atoms with van der Waals surface area (Å²) in [5, 5.41) is 9.84. The second-order valence-corrected chi connectivity index (χ2v) is 4.66. The number of phenolic OH excluding ortho intramolecular Hbond substituents is 1. The Balaban J connectivity index is 2.75. The van der Waals surface area contributed by atoms with Crippen LogP contribution in [0.3, 0.4) is 0 Å². The highest BCUT2D eigenvalue weighted by molar-refractivity contribution is 5.76. The summed E-state index contributed by atoms with van der Waals surface area (Å²) in [5.74, 6) is 0.672. The fourth-order valence-electron chi connectivity index (χ4n) is 2.19. The van der Waals surface area contributed by atoms with E-state index in [-0.39, 0.29) is 11.7 Å². The first kappa shape index (κ1) is 13.8. The molecule has 0 spiro atoms. The van der Waals surface area contributed by atoms with Gasteiger partial charge in [-0.05, 0) is 30.9 Å². The van der Waals surface area contributed by atoms with Crippen molar-refractivity contribution in [2.45, 2.75) is 51.9 Å². The monoisotopic (exact) mass is 234 g/mol. The van der Waals surface area contributed by atoms with E-state index in [1.165, 1.54) is 12.8 Å². The van der Waals surface area contributed by atoms with E-state index in [4.69, 9.17) is 0 Å². The first-order chi connectivity index (χ1) is 8.15. The molecule has 94 valence electrons. The predicted molar refractivity (Wildman–Crippen MR) is 70.3 cm³/mol. The van der Waals surface area contributed by atoms with Crippen molar-refractivity contribution >= 4 is 5.78 Å². The standard InChI is InChI=1S/C15H22O2/c1-3-4-5-8-13(11-12(2)16)14-9-6-7-10-15(14)17/h6-7,9-10,13,17H,3-5,8,11H2,1-2H3. The Morgan fingerprint density at radius 3 is 2.59 bits per heavy atom. The number of phenols is 1. The van der Waals surface area contributed by atoms with Crippen LogP contribution in [0.25, 0.3) is 0 Å². The number of carbonyl (C=O) groups excluding carboxylic acids is 1. The Kier molecular flexibility index (Phi) is 5.75. The molecule has 0 aromatic heterocycles. The van der Waals surface area contributed by atoms with E-state index in [0.29, 0.717) is 12.2 Å². The largest absolute Gasteiger partial charge is 0.508 e. The molecule has 1 aromatic rings. The van der Waals surface area contributed by atoms with Gasteiger partial charge in [0.1, 0.15) is 11.5 Å². The van der Waals surface area contributed by atoms with E-state index >= 15 is 0 Å². The summed E-state index contributed by atoms with van der Waals surface area (Å²) in [6.45, 7) is 3.78. The predicted octanol–water partition coefficient (Wildman–Crippen LogP) is 4.04. The number of unbranched alkanes of at least 4 members (excludes halogenated alkanes) is 2. The van der Waals surface area contributed by atoms with Crippen molar-refractivity contribution in [2.24, 2.45) is 0 Å². The van der Waals surface area contributed by atoms with E-state index in [1.54, 1.807) is 13.0 Å². The van der Waals surface area contributed by atoms with Crippen LogP contribution in [0.5, 0.6) is 5.75 Å². The first-order valence-corrected chi connectivity index (χ1v) is 6.42. The number of aromatic hydroxyl groups is 1. The number of benzene rings is 1. The zero-order chi connectivity index (χ0) is 12.7. The van der Waals surface area contributed by atoms with Crippen molar-refractivity contribution < 1.29 is 9.90 Å². The lowest BCUT2D eigenvalue weighted by atomic mass is 9.88. The van der Waals surface area contributed by atoms with E-state index in [0.717, 1.165) is 18.4 Å². The lowest BCUT2D eigenvalue weighted by Crippen LogP contribution is -2.05. The molecule has 1 atom stereocenters. The summed E-state index contributed by atoms with van der Waals surface area (Å²) in [6, 6.07) is 7.36. The minimum atomic E-state index is 0.167. The molecule has 0 radical (unpaired) electrons. The van der Waals surface area contributed by atoms with Crippen molar-refractivity contribution in [1.82, 2.24) is 0 Å². The molecule has 0 amide bonds. The van der Waals surface area contributed by atoms with Gasteiger partial charge in [0, 0.05) is 6.42 Å². The summed E-state index contributed by atoms with van der Waals surface area (Å²) in [5.41, 5.74) is 0.916. The molecule has 2 heteroatoms. The molecule has 1 aromatic carbocycles. The maximum Gasteiger partial charge on any atom is 0.130 e. The minimum Gasteiger partial charge on any atom is -0.508 e. The average Bonchev–Trinajstić information content (AvgIpc) is 2.28. The van der Waals surface area contributed by atoms with Gasteiger partial charge in [0.05, 0.1) is 0 Å². The van der Waals surface area contributed by atoms with Crippen LogP contribution in [0.2, 0.25) is 0 Å². The first-order valence-electron chi connectivity index (χ1n) is 6.42. The van der Waals surface area contributed by atoms with Crippen LogP contribution in [0.15, 0.2) is 24.3 Å². The Labute approximate surface area is 104 Å². The molecule has 0 aliphatic carbocycles. The SMILES string of the molecule is CCCCCC(CC(C)=O)c1ccccc1O. The lowest BCUT2D eigenvalue weighted by molar-refractivity contribution is -0.117. The number of para-hydroxylation sites is 1. The molecular formula is C15H22O2. The van der Waals surface area contributed by atoms with Crippen LogP contribution >= 0.6 is 0 Å². The van der Waals surface area contributed by atoms with Gasteiger partial charge in [-0.15, -0.1) is 0 Å². The summed E-state index contributed by atoms with van der Waals surface area (Å²) in [4.78, 5) is 11.3. The Hall–Kier alpha value is -1.31. The quantitative estimate of drug-likeness (QED) is 0.723. The van der Waals surface area contributed by atoms with Crippen LogP contribution in [0.4, 0.5) is 0 Å². The normalized spacial score (nSPS) is 12.4. The number of rotatable bonds is 7. The third-order valence-corrected chi connectivity index (χ3v) is 3.07. The van der Waals surface area contributed by atoms with Crippen LogP contribution in [0, 0.1) is 0 Å². The fraction of sp³-hybridized carbons (Fsp3) is 0.533. The van der Waals surface area contributed by atoms with Crippen molar-refractivity contribution in [3.8, 4) is 5.75 Å². The molecule has 17 heavy (non-hydrogen) atoms. The van der Waals surface area contributed by atoms with E-state index in [2.05, 4.69) is 6.92 Å². The minimum absolute atomic E-state index is 0.167. The summed E-state index contributed by atoms with van der Waals surface area (Å²) >= 11 is 0. The van der Waals surface area contributed by atoms with Crippen molar-refractivity contribution in [2.75, 3.05) is 0 Å². The van der Waals surface area contributed by atoms with Crippen LogP contribution in [-0.4, -0.2) is 10.9 Å². The zero-order valence-corrected chi connectivity index (χ0v) is 10.8. The van der Waals surface area contributed by atoms with Crippen molar-refractivity contribution in [3.63, 3.8) is 0 Å². The molecule has 0 heterocycles. The summed E-state index contributed by atoms with van der Waals surface area (Å²) < 4.78 is 0. The van der Waals surface area contributed by atoms with Gasteiger partial charge in [-0.1, -0.05) is 44.4 Å². The highest BCUT2D eigenvalue weighted by Crippen LogP contribution is 2.32. The molecule has 0 aliphatic rings. The number of hydrogen-bond donors (Lipinski definition) is 1. The molecule has 0 saturated heterocycles. The third-order valence-electron chi connectivity index (χ3n) is 3.07. The topological polar surface area (TPSA) is 37.3 Å². The highest BCUT2D eigenvalue weighted by atomic mass is 16.3. The lowest BCUT2D eigenvalue weighted by Gasteiger charge is -2.17. The molecule has 0 fully saturated rings. The van der Waals surface area contributed by atoms with E-state index in [9.17, 15) is 9.90 Å². The Morgan fingerprint density at radius 1 is 1.29 bits per heavy atom. The second kappa shape index (κ2) is 7.10. The fourth-order valence-corrected chi connectivity index (χ4v) is 2.19. The smallest absolute Gasteiger partial charge is 0.130 e. The Bertz CT molecular complexity index is 358. The molecular weight excluding hydrogens is 212 g/mol. The third kappa shape index (κ3) is 4.59. The Morgan fingerprint density at radius 2 is 2.00 bits per heavy atom.